The van der Waals surface area contributed by atoms with Gasteiger partial charge in [0.25, 0.3) is 5.91 Å². The molecule has 2 N–H and O–H groups in total. The molecule has 21 heavy (non-hydrogen) atoms. The number of hydrogen-bond donors (Lipinski definition) is 2. The van der Waals surface area contributed by atoms with Crippen molar-refractivity contribution in [2.45, 2.75) is 32.2 Å². The van der Waals surface area contributed by atoms with Crippen LogP contribution < -0.4 is 5.32 Å². The highest BCUT2D eigenvalue weighted by atomic mass is 19.1. The van der Waals surface area contributed by atoms with Crippen molar-refractivity contribution in [2.24, 2.45) is 0 Å². The molecule has 0 radical (unpaired) electrons. The summed E-state index contributed by atoms with van der Waals surface area (Å²) in [7, 11) is 0. The van der Waals surface area contributed by atoms with Crippen LogP contribution in [0.25, 0.3) is 0 Å². The van der Waals surface area contributed by atoms with Crippen LogP contribution in [0.2, 0.25) is 0 Å². The molecule has 1 aliphatic rings. The average molecular weight is 291 g/mol. The third-order valence-corrected chi connectivity index (χ3v) is 3.65. The predicted octanol–water partition coefficient (Wildman–Crippen LogP) is 2.50. The molecule has 110 valence electrons. The molecule has 3 rings (SSSR count). The second kappa shape index (κ2) is 5.63. The van der Waals surface area contributed by atoms with Crippen molar-refractivity contribution >= 4 is 5.91 Å². The first-order valence-corrected chi connectivity index (χ1v) is 6.93. The number of halogens is 2. The zero-order valence-corrected chi connectivity index (χ0v) is 11.4. The number of carbonyl (C=O) groups excluding carboxylic acids is 1. The van der Waals surface area contributed by atoms with Gasteiger partial charge in [0.1, 0.15) is 11.6 Å². The van der Waals surface area contributed by atoms with Gasteiger partial charge in [0.05, 0.1) is 0 Å². The van der Waals surface area contributed by atoms with E-state index in [0.29, 0.717) is 11.3 Å². The van der Waals surface area contributed by atoms with E-state index < -0.39 is 11.6 Å². The van der Waals surface area contributed by atoms with Crippen LogP contribution in [0.4, 0.5) is 8.78 Å². The molecule has 0 aliphatic heterocycles. The number of amides is 1. The number of rotatable bonds is 3. The van der Waals surface area contributed by atoms with Crippen LogP contribution in [-0.2, 0) is 19.4 Å². The highest BCUT2D eigenvalue weighted by Crippen LogP contribution is 2.22. The first kappa shape index (κ1) is 13.7. The molecular weight excluding hydrogens is 276 g/mol. The molecule has 0 spiro atoms. The van der Waals surface area contributed by atoms with Crippen LogP contribution in [0.1, 0.15) is 40.2 Å². The summed E-state index contributed by atoms with van der Waals surface area (Å²) in [5.74, 6) is -1.63. The molecule has 2 aromatic rings. The molecule has 1 amide bonds. The third-order valence-electron chi connectivity index (χ3n) is 3.65. The van der Waals surface area contributed by atoms with Crippen LogP contribution in [0, 0.1) is 11.6 Å². The molecule has 0 atom stereocenters. The number of aromatic amines is 1. The Labute approximate surface area is 120 Å². The van der Waals surface area contributed by atoms with Gasteiger partial charge < -0.3 is 5.32 Å². The summed E-state index contributed by atoms with van der Waals surface area (Å²) < 4.78 is 26.2. The minimum Gasteiger partial charge on any atom is -0.347 e. The number of aryl methyl sites for hydroxylation is 1. The SMILES string of the molecule is O=C(NCc1cc(F)cc(F)c1)c1n[nH]c2c1CCCC2. The van der Waals surface area contributed by atoms with Crippen molar-refractivity contribution in [2.75, 3.05) is 0 Å². The molecule has 1 aromatic carbocycles. The van der Waals surface area contributed by atoms with Gasteiger partial charge in [0.15, 0.2) is 5.69 Å². The lowest BCUT2D eigenvalue weighted by Crippen LogP contribution is -2.24. The number of hydrogen-bond acceptors (Lipinski definition) is 2. The molecule has 0 fully saturated rings. The summed E-state index contributed by atoms with van der Waals surface area (Å²) in [4.78, 5) is 12.1. The van der Waals surface area contributed by atoms with E-state index >= 15 is 0 Å². The van der Waals surface area contributed by atoms with E-state index in [4.69, 9.17) is 0 Å². The monoisotopic (exact) mass is 291 g/mol. The molecule has 0 unspecified atom stereocenters. The summed E-state index contributed by atoms with van der Waals surface area (Å²) >= 11 is 0. The molecule has 0 bridgehead atoms. The van der Waals surface area contributed by atoms with Gasteiger partial charge in [-0.15, -0.1) is 0 Å². The Morgan fingerprint density at radius 3 is 2.67 bits per heavy atom. The number of fused-ring (bicyclic) bond motifs is 1. The molecule has 1 aliphatic carbocycles. The lowest BCUT2D eigenvalue weighted by atomic mass is 9.96. The number of aromatic nitrogens is 2. The van der Waals surface area contributed by atoms with Gasteiger partial charge in [-0.25, -0.2) is 8.78 Å². The van der Waals surface area contributed by atoms with E-state index in [-0.39, 0.29) is 12.5 Å². The minimum atomic E-state index is -0.656. The molecule has 6 heteroatoms. The average Bonchev–Trinajstić information content (AvgIpc) is 2.88. The molecular formula is C15H15F2N3O. The number of nitrogens with one attached hydrogen (secondary N) is 2. The molecule has 0 saturated carbocycles. The zero-order valence-electron chi connectivity index (χ0n) is 11.4. The van der Waals surface area contributed by atoms with Crippen molar-refractivity contribution in [1.82, 2.24) is 15.5 Å². The fourth-order valence-electron chi connectivity index (χ4n) is 2.65. The van der Waals surface area contributed by atoms with Crippen LogP contribution in [0.5, 0.6) is 0 Å². The van der Waals surface area contributed by atoms with E-state index in [9.17, 15) is 13.6 Å². The van der Waals surface area contributed by atoms with Gasteiger partial charge in [0.2, 0.25) is 0 Å². The van der Waals surface area contributed by atoms with Crippen LogP contribution in [0.15, 0.2) is 18.2 Å². The van der Waals surface area contributed by atoms with Crippen molar-refractivity contribution in [3.63, 3.8) is 0 Å². The van der Waals surface area contributed by atoms with Crippen LogP contribution in [0.3, 0.4) is 0 Å². The Balaban J connectivity index is 1.70. The van der Waals surface area contributed by atoms with Gasteiger partial charge in [0, 0.05) is 23.9 Å². The molecule has 0 saturated heterocycles. The number of H-pyrrole nitrogens is 1. The lowest BCUT2D eigenvalue weighted by Gasteiger charge is -2.11. The van der Waals surface area contributed by atoms with E-state index in [2.05, 4.69) is 15.5 Å². The van der Waals surface area contributed by atoms with Gasteiger partial charge in [-0.05, 0) is 43.4 Å². The summed E-state index contributed by atoms with van der Waals surface area (Å²) in [5.41, 5.74) is 2.75. The summed E-state index contributed by atoms with van der Waals surface area (Å²) in [6, 6.07) is 3.20. The Bertz CT molecular complexity index is 661. The van der Waals surface area contributed by atoms with Crippen molar-refractivity contribution < 1.29 is 13.6 Å². The maximum absolute atomic E-state index is 13.1. The number of carbonyl (C=O) groups is 1. The Hall–Kier alpha value is -2.24. The third kappa shape index (κ3) is 2.94. The van der Waals surface area contributed by atoms with Crippen LogP contribution in [-0.4, -0.2) is 16.1 Å². The predicted molar refractivity (Wildman–Crippen MR) is 72.8 cm³/mol. The maximum Gasteiger partial charge on any atom is 0.272 e. The fourth-order valence-corrected chi connectivity index (χ4v) is 2.65. The second-order valence-electron chi connectivity index (χ2n) is 5.20. The Morgan fingerprint density at radius 2 is 1.90 bits per heavy atom. The van der Waals surface area contributed by atoms with E-state index in [1.165, 1.54) is 12.1 Å². The van der Waals surface area contributed by atoms with Gasteiger partial charge >= 0.3 is 0 Å². The van der Waals surface area contributed by atoms with Crippen LogP contribution >= 0.6 is 0 Å². The molecule has 1 aromatic heterocycles. The molecule has 1 heterocycles. The van der Waals surface area contributed by atoms with Gasteiger partial charge in [-0.3, -0.25) is 9.89 Å². The largest absolute Gasteiger partial charge is 0.347 e. The second-order valence-corrected chi connectivity index (χ2v) is 5.20. The van der Waals surface area contributed by atoms with E-state index in [1.54, 1.807) is 0 Å². The quantitative estimate of drug-likeness (QED) is 0.913. The summed E-state index contributed by atoms with van der Waals surface area (Å²) in [6.45, 7) is 0.0646. The Kier molecular flexibility index (Phi) is 3.68. The fraction of sp³-hybridized carbons (Fsp3) is 0.333. The normalized spacial score (nSPS) is 13.8. The first-order chi connectivity index (χ1) is 10.1. The maximum atomic E-state index is 13.1. The van der Waals surface area contributed by atoms with Crippen molar-refractivity contribution in [3.8, 4) is 0 Å². The van der Waals surface area contributed by atoms with Gasteiger partial charge in [-0.2, -0.15) is 5.10 Å². The van der Waals surface area contributed by atoms with Crippen molar-refractivity contribution in [3.05, 3.63) is 52.3 Å². The Morgan fingerprint density at radius 1 is 1.19 bits per heavy atom. The van der Waals surface area contributed by atoms with Crippen molar-refractivity contribution in [1.29, 1.82) is 0 Å². The summed E-state index contributed by atoms with van der Waals surface area (Å²) in [5, 5.41) is 9.60. The number of nitrogens with zero attached hydrogens (tertiary/aromatic N) is 1. The van der Waals surface area contributed by atoms with E-state index in [1.807, 2.05) is 0 Å². The molecule has 4 nitrogen and oxygen atoms in total. The zero-order chi connectivity index (χ0) is 14.8. The summed E-state index contributed by atoms with van der Waals surface area (Å²) in [6.07, 6.45) is 3.88. The van der Waals surface area contributed by atoms with Gasteiger partial charge in [-0.1, -0.05) is 0 Å². The standard InChI is InChI=1S/C15H15F2N3O/c16-10-5-9(6-11(17)7-10)8-18-15(21)14-12-3-1-2-4-13(12)19-20-14/h5-7H,1-4,8H2,(H,18,21)(H,19,20). The number of benzene rings is 1. The smallest absolute Gasteiger partial charge is 0.272 e. The topological polar surface area (TPSA) is 57.8 Å². The minimum absolute atomic E-state index is 0.0646. The lowest BCUT2D eigenvalue weighted by molar-refractivity contribution is 0.0944. The highest BCUT2D eigenvalue weighted by molar-refractivity contribution is 5.94. The first-order valence-electron chi connectivity index (χ1n) is 6.93. The van der Waals surface area contributed by atoms with E-state index in [0.717, 1.165) is 43.0 Å². The highest BCUT2D eigenvalue weighted by Gasteiger charge is 2.21.